The van der Waals surface area contributed by atoms with Crippen molar-refractivity contribution in [1.82, 2.24) is 10.2 Å². The number of ether oxygens (including phenoxy) is 1. The Kier molecular flexibility index (Phi) is 10.3. The number of hydrogen-bond donors (Lipinski definition) is 1. The number of hydrogen-bond acceptors (Lipinski definition) is 5. The molecule has 198 valence electrons. The normalized spacial score (nSPS) is 12.2. The van der Waals surface area contributed by atoms with Crippen molar-refractivity contribution in [2.75, 3.05) is 24.2 Å². The van der Waals surface area contributed by atoms with Crippen LogP contribution >= 0.6 is 0 Å². The lowest BCUT2D eigenvalue weighted by Gasteiger charge is -2.30. The zero-order valence-electron chi connectivity index (χ0n) is 22.4. The van der Waals surface area contributed by atoms with Crippen LogP contribution in [0.4, 0.5) is 5.69 Å². The summed E-state index contributed by atoms with van der Waals surface area (Å²) < 4.78 is 31.7. The molecule has 0 aromatic heterocycles. The molecule has 0 aliphatic carbocycles. The Morgan fingerprint density at radius 2 is 1.67 bits per heavy atom. The zero-order chi connectivity index (χ0) is 27.0. The first kappa shape index (κ1) is 29.2. The Bertz CT molecular complexity index is 1140. The van der Waals surface area contributed by atoms with Gasteiger partial charge in [-0.25, -0.2) is 8.42 Å². The van der Waals surface area contributed by atoms with E-state index in [1.807, 2.05) is 70.2 Å². The zero-order valence-corrected chi connectivity index (χ0v) is 23.2. The first-order valence-electron chi connectivity index (χ1n) is 12.1. The third kappa shape index (κ3) is 8.55. The van der Waals surface area contributed by atoms with Crippen LogP contribution in [0.15, 0.2) is 42.5 Å². The highest BCUT2D eigenvalue weighted by Gasteiger charge is 2.27. The van der Waals surface area contributed by atoms with E-state index in [-0.39, 0.29) is 37.4 Å². The molecule has 0 aliphatic heterocycles. The maximum absolute atomic E-state index is 13.4. The number of carbonyl (C=O) groups excluding carboxylic acids is 2. The molecule has 2 amide bonds. The summed E-state index contributed by atoms with van der Waals surface area (Å²) in [5, 5.41) is 2.87. The molecular weight excluding hydrogens is 478 g/mol. The van der Waals surface area contributed by atoms with Crippen LogP contribution in [0.25, 0.3) is 0 Å². The number of methoxy groups -OCH3 is 1. The molecule has 0 spiro atoms. The molecule has 8 nitrogen and oxygen atoms in total. The standard InChI is InChI=1S/C27H39N3O5S/c1-19(2)28-27(32)22(5)29(18-23-10-8-11-25(17-23)35-6)26(31)12-9-13-30(36(7,33)34)24-15-20(3)14-21(4)16-24/h8,10-11,14-17,19,22H,9,12-13,18H2,1-7H3,(H,28,32)/t22-/m0/s1. The van der Waals surface area contributed by atoms with E-state index in [2.05, 4.69) is 5.32 Å². The van der Waals surface area contributed by atoms with Crippen molar-refractivity contribution in [2.45, 2.75) is 66.1 Å². The van der Waals surface area contributed by atoms with Gasteiger partial charge in [0.1, 0.15) is 11.8 Å². The molecule has 0 saturated heterocycles. The maximum Gasteiger partial charge on any atom is 0.242 e. The van der Waals surface area contributed by atoms with Crippen molar-refractivity contribution in [1.29, 1.82) is 0 Å². The number of carbonyl (C=O) groups is 2. The third-order valence-electron chi connectivity index (χ3n) is 5.73. The summed E-state index contributed by atoms with van der Waals surface area (Å²) in [6, 6.07) is 12.2. The number of nitrogens with zero attached hydrogens (tertiary/aromatic N) is 2. The summed E-state index contributed by atoms with van der Waals surface area (Å²) >= 11 is 0. The predicted octanol–water partition coefficient (Wildman–Crippen LogP) is 3.80. The molecule has 36 heavy (non-hydrogen) atoms. The monoisotopic (exact) mass is 517 g/mol. The van der Waals surface area contributed by atoms with Gasteiger partial charge in [0.05, 0.1) is 19.1 Å². The molecule has 2 aromatic rings. The van der Waals surface area contributed by atoms with E-state index >= 15 is 0 Å². The summed E-state index contributed by atoms with van der Waals surface area (Å²) in [6.07, 6.45) is 1.58. The van der Waals surface area contributed by atoms with Gasteiger partial charge < -0.3 is 15.0 Å². The highest BCUT2D eigenvalue weighted by Crippen LogP contribution is 2.22. The van der Waals surface area contributed by atoms with Gasteiger partial charge in [0.25, 0.3) is 0 Å². The van der Waals surface area contributed by atoms with E-state index in [1.165, 1.54) is 15.5 Å². The largest absolute Gasteiger partial charge is 0.497 e. The molecule has 0 heterocycles. The first-order valence-corrected chi connectivity index (χ1v) is 14.0. The van der Waals surface area contributed by atoms with Gasteiger partial charge in [-0.1, -0.05) is 18.2 Å². The van der Waals surface area contributed by atoms with Crippen LogP contribution in [0.5, 0.6) is 5.75 Å². The van der Waals surface area contributed by atoms with Crippen molar-refractivity contribution >= 4 is 27.5 Å². The van der Waals surface area contributed by atoms with Crippen molar-refractivity contribution in [3.05, 3.63) is 59.2 Å². The van der Waals surface area contributed by atoms with Gasteiger partial charge in [-0.3, -0.25) is 13.9 Å². The molecule has 0 unspecified atom stereocenters. The van der Waals surface area contributed by atoms with E-state index in [1.54, 1.807) is 14.0 Å². The number of nitrogens with one attached hydrogen (secondary N) is 1. The average Bonchev–Trinajstić information content (AvgIpc) is 2.77. The summed E-state index contributed by atoms with van der Waals surface area (Å²) in [5.41, 5.74) is 3.34. The van der Waals surface area contributed by atoms with Crippen LogP contribution in [0.1, 0.15) is 50.3 Å². The first-order chi connectivity index (χ1) is 16.8. The molecule has 0 fully saturated rings. The van der Waals surface area contributed by atoms with Gasteiger partial charge >= 0.3 is 0 Å². The number of anilines is 1. The average molecular weight is 518 g/mol. The second-order valence-electron chi connectivity index (χ2n) is 9.50. The van der Waals surface area contributed by atoms with Crippen LogP contribution in [-0.4, -0.2) is 57.1 Å². The summed E-state index contributed by atoms with van der Waals surface area (Å²) in [5.74, 6) is 0.198. The molecule has 0 bridgehead atoms. The molecule has 0 aliphatic rings. The van der Waals surface area contributed by atoms with Crippen molar-refractivity contribution in [3.8, 4) is 5.75 Å². The highest BCUT2D eigenvalue weighted by molar-refractivity contribution is 7.92. The Hall–Kier alpha value is -3.07. The van der Waals surface area contributed by atoms with E-state index in [4.69, 9.17) is 4.74 Å². The lowest BCUT2D eigenvalue weighted by molar-refractivity contribution is -0.140. The van der Waals surface area contributed by atoms with Crippen molar-refractivity contribution < 1.29 is 22.7 Å². The Morgan fingerprint density at radius 1 is 1.03 bits per heavy atom. The van der Waals surface area contributed by atoms with Crippen LogP contribution in [0, 0.1) is 13.8 Å². The Balaban J connectivity index is 2.21. The fourth-order valence-corrected chi connectivity index (χ4v) is 5.00. The quantitative estimate of drug-likeness (QED) is 0.462. The van der Waals surface area contributed by atoms with E-state index in [0.717, 1.165) is 16.7 Å². The van der Waals surface area contributed by atoms with Gasteiger partial charge in [0.2, 0.25) is 21.8 Å². The van der Waals surface area contributed by atoms with Crippen LogP contribution < -0.4 is 14.4 Å². The summed E-state index contributed by atoms with van der Waals surface area (Å²) in [7, 11) is -1.97. The number of rotatable bonds is 12. The minimum absolute atomic E-state index is 0.0603. The number of sulfonamides is 1. The van der Waals surface area contributed by atoms with E-state index in [0.29, 0.717) is 17.9 Å². The number of benzene rings is 2. The van der Waals surface area contributed by atoms with Crippen LogP contribution in [0.2, 0.25) is 0 Å². The Labute approximate surface area is 215 Å². The highest BCUT2D eigenvalue weighted by atomic mass is 32.2. The molecule has 1 N–H and O–H groups in total. The fourth-order valence-electron chi connectivity index (χ4n) is 4.05. The molecule has 0 radical (unpaired) electrons. The molecule has 2 aromatic carbocycles. The molecule has 2 rings (SSSR count). The van der Waals surface area contributed by atoms with Gasteiger partial charge in [0.15, 0.2) is 0 Å². The smallest absolute Gasteiger partial charge is 0.242 e. The van der Waals surface area contributed by atoms with Crippen LogP contribution in [-0.2, 0) is 26.2 Å². The SMILES string of the molecule is COc1cccc(CN(C(=O)CCCN(c2cc(C)cc(C)c2)S(C)(=O)=O)[C@@H](C)C(=O)NC(C)C)c1. The van der Waals surface area contributed by atoms with Gasteiger partial charge in [-0.05, 0) is 82.0 Å². The predicted molar refractivity (Wildman–Crippen MR) is 144 cm³/mol. The van der Waals surface area contributed by atoms with Crippen molar-refractivity contribution in [3.63, 3.8) is 0 Å². The number of aryl methyl sites for hydroxylation is 2. The molecule has 0 saturated carbocycles. The lowest BCUT2D eigenvalue weighted by atomic mass is 10.1. The van der Waals surface area contributed by atoms with E-state index in [9.17, 15) is 18.0 Å². The van der Waals surface area contributed by atoms with Gasteiger partial charge in [0, 0.05) is 25.6 Å². The molecule has 9 heteroatoms. The maximum atomic E-state index is 13.4. The second-order valence-corrected chi connectivity index (χ2v) is 11.4. The minimum atomic E-state index is -3.54. The van der Waals surface area contributed by atoms with Crippen LogP contribution in [0.3, 0.4) is 0 Å². The minimum Gasteiger partial charge on any atom is -0.497 e. The lowest BCUT2D eigenvalue weighted by Crippen LogP contribution is -2.49. The number of amides is 2. The van der Waals surface area contributed by atoms with Gasteiger partial charge in [-0.2, -0.15) is 0 Å². The van der Waals surface area contributed by atoms with E-state index < -0.39 is 16.1 Å². The van der Waals surface area contributed by atoms with Crippen molar-refractivity contribution in [2.24, 2.45) is 0 Å². The fraction of sp³-hybridized carbons (Fsp3) is 0.481. The summed E-state index contributed by atoms with van der Waals surface area (Å²) in [4.78, 5) is 27.6. The van der Waals surface area contributed by atoms with Gasteiger partial charge in [-0.15, -0.1) is 0 Å². The Morgan fingerprint density at radius 3 is 2.22 bits per heavy atom. The summed E-state index contributed by atoms with van der Waals surface area (Å²) in [6.45, 7) is 9.66. The second kappa shape index (κ2) is 12.8. The molecule has 1 atom stereocenters. The molecular formula is C27H39N3O5S. The topological polar surface area (TPSA) is 96.0 Å². The third-order valence-corrected chi connectivity index (χ3v) is 6.93.